The van der Waals surface area contributed by atoms with Crippen molar-refractivity contribution in [2.45, 2.75) is 52.4 Å². The molecule has 0 unspecified atom stereocenters. The van der Waals surface area contributed by atoms with Gasteiger partial charge in [-0.2, -0.15) is 4.40 Å². The minimum atomic E-state index is -0.950. The van der Waals surface area contributed by atoms with Crippen molar-refractivity contribution < 1.29 is 28.6 Å². The first-order valence-electron chi connectivity index (χ1n) is 14.8. The number of anilines is 1. The molecule has 4 N–H and O–H groups in total. The Balaban J connectivity index is 1.31. The Morgan fingerprint density at radius 1 is 0.957 bits per heavy atom. The Hall–Kier alpha value is -4.58. The number of hydrogen-bond acceptors (Lipinski definition) is 6. The predicted molar refractivity (Wildman–Crippen MR) is 182 cm³/mol. The minimum Gasteiger partial charge on any atom is -0.508 e. The number of carbonyl (C=O) groups excluding carboxylic acids is 3. The standard InChI is InChI=1S/C34H33Cl2N5O5S/c1-20(2)46-32(44)24-7-9-25(10-8-24)38-33(45)39-30(15-22-4-11-27(42)12-5-22)31(43)37-16-26-19-40-17-21(3)47-34(40)41(26)18-23-6-13-28(35)29(36)14-23/h4-14,17,19-20,30H,15-16,18H2,1-3H3,(H3-,37,38,39,42,43,44,45)/p+1/t30-/m0/s1. The van der Waals surface area contributed by atoms with Crippen molar-refractivity contribution in [1.29, 1.82) is 0 Å². The number of imidazole rings is 1. The summed E-state index contributed by atoms with van der Waals surface area (Å²) < 4.78 is 9.33. The van der Waals surface area contributed by atoms with Gasteiger partial charge in [-0.1, -0.05) is 52.7 Å². The van der Waals surface area contributed by atoms with Crippen LogP contribution in [0.15, 0.2) is 79.1 Å². The van der Waals surface area contributed by atoms with E-state index >= 15 is 0 Å². The second kappa shape index (κ2) is 14.9. The molecular formula is C34H34Cl2N5O5S+. The number of phenols is 1. The molecule has 47 heavy (non-hydrogen) atoms. The molecule has 5 aromatic rings. The number of amides is 3. The van der Waals surface area contributed by atoms with Gasteiger partial charge in [-0.05, 0) is 80.4 Å². The summed E-state index contributed by atoms with van der Waals surface area (Å²) in [5.74, 6) is -0.762. The summed E-state index contributed by atoms with van der Waals surface area (Å²) in [4.78, 5) is 41.0. The summed E-state index contributed by atoms with van der Waals surface area (Å²) in [6, 6.07) is 16.7. The van der Waals surface area contributed by atoms with Gasteiger partial charge >= 0.3 is 17.0 Å². The van der Waals surface area contributed by atoms with E-state index < -0.39 is 23.9 Å². The third-order valence-corrected chi connectivity index (χ3v) is 8.93. The van der Waals surface area contributed by atoms with Crippen LogP contribution in [0.5, 0.6) is 5.75 Å². The maximum atomic E-state index is 13.6. The summed E-state index contributed by atoms with van der Waals surface area (Å²) in [7, 11) is 0. The summed E-state index contributed by atoms with van der Waals surface area (Å²) in [5, 5.41) is 19.1. The van der Waals surface area contributed by atoms with Gasteiger partial charge in [-0.3, -0.25) is 4.79 Å². The van der Waals surface area contributed by atoms with Crippen molar-refractivity contribution in [2.75, 3.05) is 5.32 Å². The highest BCUT2D eigenvalue weighted by Gasteiger charge is 2.25. The smallest absolute Gasteiger partial charge is 0.346 e. The van der Waals surface area contributed by atoms with Gasteiger partial charge in [0.15, 0.2) is 5.69 Å². The van der Waals surface area contributed by atoms with Crippen LogP contribution in [0.2, 0.25) is 10.0 Å². The van der Waals surface area contributed by atoms with E-state index in [-0.39, 0.29) is 24.8 Å². The fraction of sp³-hybridized carbons (Fsp3) is 0.235. The van der Waals surface area contributed by atoms with Crippen LogP contribution in [0.3, 0.4) is 0 Å². The van der Waals surface area contributed by atoms with E-state index in [1.165, 1.54) is 12.1 Å². The van der Waals surface area contributed by atoms with Gasteiger partial charge in [-0.15, -0.1) is 0 Å². The summed E-state index contributed by atoms with van der Waals surface area (Å²) in [6.07, 6.45) is 3.91. The highest BCUT2D eigenvalue weighted by atomic mass is 35.5. The van der Waals surface area contributed by atoms with Crippen molar-refractivity contribution in [3.05, 3.63) is 116 Å². The van der Waals surface area contributed by atoms with Crippen LogP contribution in [-0.4, -0.2) is 39.7 Å². The maximum absolute atomic E-state index is 13.6. The molecule has 2 aromatic heterocycles. The summed E-state index contributed by atoms with van der Waals surface area (Å²) in [5.41, 5.74) is 3.32. The van der Waals surface area contributed by atoms with E-state index in [1.807, 2.05) is 35.9 Å². The average molecular weight is 696 g/mol. The molecule has 0 aliphatic rings. The second-order valence-corrected chi connectivity index (χ2v) is 13.3. The predicted octanol–water partition coefficient (Wildman–Crippen LogP) is 6.27. The van der Waals surface area contributed by atoms with E-state index in [0.29, 0.717) is 27.8 Å². The van der Waals surface area contributed by atoms with Gasteiger partial charge in [0.1, 0.15) is 30.7 Å². The van der Waals surface area contributed by atoms with Crippen LogP contribution >= 0.6 is 34.5 Å². The van der Waals surface area contributed by atoms with Gasteiger partial charge in [0.2, 0.25) is 5.91 Å². The van der Waals surface area contributed by atoms with Crippen LogP contribution in [0.25, 0.3) is 4.96 Å². The first-order chi connectivity index (χ1) is 22.4. The number of carbonyl (C=O) groups is 3. The molecule has 0 aliphatic heterocycles. The number of halogens is 2. The minimum absolute atomic E-state index is 0.0941. The maximum Gasteiger partial charge on any atom is 0.346 e. The molecule has 0 bridgehead atoms. The van der Waals surface area contributed by atoms with Gasteiger partial charge in [0.05, 0.1) is 28.3 Å². The number of thiazole rings is 1. The Morgan fingerprint density at radius 2 is 1.66 bits per heavy atom. The normalized spacial score (nSPS) is 11.8. The van der Waals surface area contributed by atoms with E-state index in [1.54, 1.807) is 67.6 Å². The Morgan fingerprint density at radius 3 is 2.34 bits per heavy atom. The van der Waals surface area contributed by atoms with Gasteiger partial charge in [0, 0.05) is 17.0 Å². The Labute approximate surface area is 285 Å². The zero-order valence-electron chi connectivity index (χ0n) is 25.9. The lowest BCUT2D eigenvalue weighted by molar-refractivity contribution is -0.506. The largest absolute Gasteiger partial charge is 0.508 e. The lowest BCUT2D eigenvalue weighted by atomic mass is 10.0. The number of nitrogens with zero attached hydrogens (tertiary/aromatic N) is 2. The zero-order chi connectivity index (χ0) is 33.7. The van der Waals surface area contributed by atoms with Crippen molar-refractivity contribution in [3.8, 4) is 5.75 Å². The number of fused-ring (bicyclic) bond motifs is 1. The average Bonchev–Trinajstić information content (AvgIpc) is 3.54. The van der Waals surface area contributed by atoms with Crippen LogP contribution in [0.4, 0.5) is 10.5 Å². The molecule has 1 atom stereocenters. The van der Waals surface area contributed by atoms with Crippen LogP contribution in [0.1, 0.15) is 45.9 Å². The molecule has 0 fully saturated rings. The van der Waals surface area contributed by atoms with E-state index in [4.69, 9.17) is 27.9 Å². The first kappa shape index (κ1) is 33.8. The molecule has 3 aromatic carbocycles. The highest BCUT2D eigenvalue weighted by Crippen LogP contribution is 2.25. The lowest BCUT2D eigenvalue weighted by Crippen LogP contribution is -2.49. The number of urea groups is 1. The number of hydrogen-bond donors (Lipinski definition) is 4. The van der Waals surface area contributed by atoms with Crippen LogP contribution in [0, 0.1) is 6.92 Å². The zero-order valence-corrected chi connectivity index (χ0v) is 28.2. The molecule has 244 valence electrons. The Kier molecular flexibility index (Phi) is 10.7. The van der Waals surface area contributed by atoms with Crippen molar-refractivity contribution in [1.82, 2.24) is 15.2 Å². The number of benzene rings is 3. The molecule has 3 amide bonds. The molecule has 0 saturated carbocycles. The first-order valence-corrected chi connectivity index (χ1v) is 16.4. The highest BCUT2D eigenvalue weighted by molar-refractivity contribution is 7.16. The number of ether oxygens (including phenoxy) is 1. The number of phenolic OH excluding ortho intramolecular Hbond substituents is 1. The monoisotopic (exact) mass is 694 g/mol. The van der Waals surface area contributed by atoms with Crippen molar-refractivity contribution in [2.24, 2.45) is 0 Å². The summed E-state index contributed by atoms with van der Waals surface area (Å²) in [6.45, 7) is 6.25. The van der Waals surface area contributed by atoms with Crippen molar-refractivity contribution in [3.63, 3.8) is 0 Å². The number of aromatic nitrogens is 2. The molecule has 0 aliphatic carbocycles. The number of esters is 1. The topological polar surface area (TPSA) is 126 Å². The van der Waals surface area contributed by atoms with E-state index in [9.17, 15) is 19.5 Å². The molecule has 0 saturated heterocycles. The number of nitrogens with one attached hydrogen (secondary N) is 3. The molecular weight excluding hydrogens is 661 g/mol. The third-order valence-electron chi connectivity index (χ3n) is 7.15. The molecule has 0 radical (unpaired) electrons. The summed E-state index contributed by atoms with van der Waals surface area (Å²) >= 11 is 14.0. The van der Waals surface area contributed by atoms with E-state index in [2.05, 4.69) is 20.5 Å². The second-order valence-electron chi connectivity index (χ2n) is 11.3. The number of rotatable bonds is 11. The number of aromatic hydroxyl groups is 1. The molecule has 13 heteroatoms. The molecule has 0 spiro atoms. The third kappa shape index (κ3) is 8.82. The van der Waals surface area contributed by atoms with E-state index in [0.717, 1.165) is 26.7 Å². The SMILES string of the molecule is Cc1c[n+]2cc(CNC(=O)[C@H](Cc3ccc(O)cc3)NC(=O)Nc3ccc(C(=O)OC(C)C)cc3)n(Cc3ccc(Cl)c(Cl)c3)c2s1. The molecule has 5 rings (SSSR count). The number of aryl methyl sites for hydroxylation is 1. The van der Waals surface area contributed by atoms with Gasteiger partial charge in [-0.25, -0.2) is 14.2 Å². The van der Waals surface area contributed by atoms with Crippen LogP contribution < -0.4 is 20.4 Å². The molecule has 10 nitrogen and oxygen atoms in total. The fourth-order valence-electron chi connectivity index (χ4n) is 4.92. The molecule has 2 heterocycles. The van der Waals surface area contributed by atoms with Crippen molar-refractivity contribution >= 4 is 63.1 Å². The van der Waals surface area contributed by atoms with Gasteiger partial charge in [0.25, 0.3) is 0 Å². The van der Waals surface area contributed by atoms with Crippen LogP contribution in [-0.2, 0) is 29.0 Å². The lowest BCUT2D eigenvalue weighted by Gasteiger charge is -2.19. The van der Waals surface area contributed by atoms with Gasteiger partial charge < -0.3 is 25.8 Å². The fourth-order valence-corrected chi connectivity index (χ4v) is 6.20. The Bertz CT molecular complexity index is 1900. The quantitative estimate of drug-likeness (QED) is 0.0958.